The number of ether oxygens (including phenoxy) is 1. The van der Waals surface area contributed by atoms with Crippen LogP contribution in [0.2, 0.25) is 5.02 Å². The van der Waals surface area contributed by atoms with Crippen LogP contribution in [-0.4, -0.2) is 24.2 Å². The maximum Gasteiger partial charge on any atom is 0.294 e. The Morgan fingerprint density at radius 1 is 1.10 bits per heavy atom. The molecule has 0 atom stereocenters. The second kappa shape index (κ2) is 9.53. The molecule has 0 aliphatic heterocycles. The molecule has 2 N–H and O–H groups in total. The molecule has 0 aliphatic carbocycles. The average molecular weight is 425 g/mol. The number of anilines is 2. The molecule has 0 bridgehead atoms. The Kier molecular flexibility index (Phi) is 6.61. The number of carbonyl (C=O) groups is 1. The summed E-state index contributed by atoms with van der Waals surface area (Å²) in [5.74, 6) is 0.178. The van der Waals surface area contributed by atoms with Gasteiger partial charge in [0, 0.05) is 22.3 Å². The number of hydrazone groups is 1. The van der Waals surface area contributed by atoms with E-state index >= 15 is 0 Å². The monoisotopic (exact) mass is 424 g/mol. The summed E-state index contributed by atoms with van der Waals surface area (Å²) in [6.45, 7) is 0. The van der Waals surface area contributed by atoms with Crippen molar-refractivity contribution in [2.45, 2.75) is 0 Å². The SMILES string of the molecule is COc1ccc(NC(=O)c2ccc(NN=Cc3ccc(Cl)cc3)c([N+](=O)[O-])c2)cc1. The van der Waals surface area contributed by atoms with Crippen LogP contribution >= 0.6 is 11.6 Å². The van der Waals surface area contributed by atoms with Crippen LogP contribution in [-0.2, 0) is 0 Å². The van der Waals surface area contributed by atoms with Crippen LogP contribution in [0.25, 0.3) is 0 Å². The van der Waals surface area contributed by atoms with Gasteiger partial charge in [0.25, 0.3) is 11.6 Å². The fourth-order valence-corrected chi connectivity index (χ4v) is 2.65. The highest BCUT2D eigenvalue weighted by Crippen LogP contribution is 2.26. The standard InChI is InChI=1S/C21H17ClN4O4/c1-30-18-9-7-17(8-10-18)24-21(27)15-4-11-19(20(12-15)26(28)29)25-23-13-14-2-5-16(22)6-3-14/h2-13,25H,1H3,(H,24,27). The van der Waals surface area contributed by atoms with E-state index < -0.39 is 10.8 Å². The van der Waals surface area contributed by atoms with Crippen LogP contribution in [0, 0.1) is 10.1 Å². The molecule has 152 valence electrons. The molecule has 30 heavy (non-hydrogen) atoms. The van der Waals surface area contributed by atoms with Gasteiger partial charge in [0.05, 0.1) is 18.2 Å². The topological polar surface area (TPSA) is 106 Å². The Labute approximate surface area is 177 Å². The Morgan fingerprint density at radius 2 is 1.80 bits per heavy atom. The Morgan fingerprint density at radius 3 is 2.43 bits per heavy atom. The number of rotatable bonds is 7. The number of hydrogen-bond acceptors (Lipinski definition) is 6. The minimum absolute atomic E-state index is 0.143. The minimum Gasteiger partial charge on any atom is -0.497 e. The van der Waals surface area contributed by atoms with Crippen molar-refractivity contribution in [3.05, 3.63) is 93.0 Å². The molecule has 8 nitrogen and oxygen atoms in total. The van der Waals surface area contributed by atoms with Crippen LogP contribution in [0.1, 0.15) is 15.9 Å². The predicted molar refractivity (Wildman–Crippen MR) is 117 cm³/mol. The van der Waals surface area contributed by atoms with Gasteiger partial charge in [-0.25, -0.2) is 0 Å². The van der Waals surface area contributed by atoms with E-state index in [1.54, 1.807) is 55.6 Å². The van der Waals surface area contributed by atoms with Crippen molar-refractivity contribution in [1.29, 1.82) is 0 Å². The highest BCUT2D eigenvalue weighted by Gasteiger charge is 2.17. The van der Waals surface area contributed by atoms with E-state index in [-0.39, 0.29) is 16.9 Å². The molecule has 0 saturated carbocycles. The predicted octanol–water partition coefficient (Wildman–Crippen LogP) is 4.96. The van der Waals surface area contributed by atoms with Gasteiger partial charge in [-0.1, -0.05) is 23.7 Å². The van der Waals surface area contributed by atoms with Crippen LogP contribution in [0.4, 0.5) is 17.1 Å². The number of nitrogens with one attached hydrogen (secondary N) is 2. The summed E-state index contributed by atoms with van der Waals surface area (Å²) in [7, 11) is 1.54. The Balaban J connectivity index is 1.74. The molecule has 0 radical (unpaired) electrons. The molecule has 9 heteroatoms. The maximum atomic E-state index is 12.5. The first kappa shape index (κ1) is 20.8. The van der Waals surface area contributed by atoms with Crippen molar-refractivity contribution >= 4 is 40.8 Å². The molecule has 0 aromatic heterocycles. The molecule has 3 rings (SSSR count). The summed E-state index contributed by atoms with van der Waals surface area (Å²) in [6, 6.07) is 17.8. The largest absolute Gasteiger partial charge is 0.497 e. The molecule has 0 heterocycles. The van der Waals surface area contributed by atoms with Crippen LogP contribution in [0.5, 0.6) is 5.75 Å². The zero-order chi connectivity index (χ0) is 21.5. The number of benzene rings is 3. The number of halogens is 1. The third kappa shape index (κ3) is 5.33. The van der Waals surface area contributed by atoms with E-state index in [0.717, 1.165) is 5.56 Å². The van der Waals surface area contributed by atoms with Crippen molar-refractivity contribution < 1.29 is 14.5 Å². The highest BCUT2D eigenvalue weighted by molar-refractivity contribution is 6.30. The molecular weight excluding hydrogens is 408 g/mol. The number of carbonyl (C=O) groups excluding carboxylic acids is 1. The first-order valence-electron chi connectivity index (χ1n) is 8.75. The highest BCUT2D eigenvalue weighted by atomic mass is 35.5. The van der Waals surface area contributed by atoms with Crippen LogP contribution in [0.3, 0.4) is 0 Å². The fourth-order valence-electron chi connectivity index (χ4n) is 2.52. The van der Waals surface area contributed by atoms with Gasteiger partial charge in [-0.05, 0) is 54.1 Å². The zero-order valence-corrected chi connectivity index (χ0v) is 16.6. The van der Waals surface area contributed by atoms with Crippen molar-refractivity contribution in [2.75, 3.05) is 17.9 Å². The van der Waals surface area contributed by atoms with Gasteiger partial charge in [0.15, 0.2) is 0 Å². The lowest BCUT2D eigenvalue weighted by atomic mass is 10.1. The molecule has 0 spiro atoms. The number of hydrogen-bond donors (Lipinski definition) is 2. The second-order valence-corrected chi connectivity index (χ2v) is 6.53. The molecule has 0 fully saturated rings. The number of amides is 1. The first-order valence-corrected chi connectivity index (χ1v) is 9.12. The molecule has 3 aromatic rings. The summed E-state index contributed by atoms with van der Waals surface area (Å²) in [5, 5.41) is 18.7. The van der Waals surface area contributed by atoms with Gasteiger partial charge < -0.3 is 10.1 Å². The van der Waals surface area contributed by atoms with Gasteiger partial charge in [0.1, 0.15) is 11.4 Å². The van der Waals surface area contributed by atoms with Crippen molar-refractivity contribution in [3.8, 4) is 5.75 Å². The van der Waals surface area contributed by atoms with Gasteiger partial charge >= 0.3 is 0 Å². The smallest absolute Gasteiger partial charge is 0.294 e. The molecule has 0 saturated heterocycles. The first-order chi connectivity index (χ1) is 14.5. The van der Waals surface area contributed by atoms with Gasteiger partial charge in [0.2, 0.25) is 0 Å². The minimum atomic E-state index is -0.579. The van der Waals surface area contributed by atoms with Gasteiger partial charge in [-0.2, -0.15) is 5.10 Å². The quantitative estimate of drug-likeness (QED) is 0.317. The van der Waals surface area contributed by atoms with Crippen LogP contribution < -0.4 is 15.5 Å². The van der Waals surface area contributed by atoms with E-state index in [1.807, 2.05) is 0 Å². The molecule has 0 aliphatic rings. The summed E-state index contributed by atoms with van der Waals surface area (Å²) in [4.78, 5) is 23.3. The van der Waals surface area contributed by atoms with E-state index in [4.69, 9.17) is 16.3 Å². The van der Waals surface area contributed by atoms with Crippen molar-refractivity contribution in [1.82, 2.24) is 0 Å². The third-order valence-corrected chi connectivity index (χ3v) is 4.33. The second-order valence-electron chi connectivity index (χ2n) is 6.09. The summed E-state index contributed by atoms with van der Waals surface area (Å²) >= 11 is 5.83. The molecule has 1 amide bonds. The number of nitro groups is 1. The molecule has 3 aromatic carbocycles. The number of nitro benzene ring substituents is 1. The Hall–Kier alpha value is -3.91. The summed E-state index contributed by atoms with van der Waals surface area (Å²) in [5.41, 5.74) is 3.97. The normalized spacial score (nSPS) is 10.6. The lowest BCUT2D eigenvalue weighted by Gasteiger charge is -2.08. The zero-order valence-electron chi connectivity index (χ0n) is 15.8. The fraction of sp³-hybridized carbons (Fsp3) is 0.0476. The van der Waals surface area contributed by atoms with E-state index in [0.29, 0.717) is 16.5 Å². The Bertz CT molecular complexity index is 1080. The molecule has 0 unspecified atom stereocenters. The van der Waals surface area contributed by atoms with E-state index in [9.17, 15) is 14.9 Å². The van der Waals surface area contributed by atoms with Gasteiger partial charge in [-0.15, -0.1) is 0 Å². The van der Waals surface area contributed by atoms with E-state index in [2.05, 4.69) is 15.8 Å². The number of methoxy groups -OCH3 is 1. The third-order valence-electron chi connectivity index (χ3n) is 4.07. The van der Waals surface area contributed by atoms with Crippen molar-refractivity contribution in [3.63, 3.8) is 0 Å². The lowest BCUT2D eigenvalue weighted by Crippen LogP contribution is -2.12. The average Bonchev–Trinajstić information content (AvgIpc) is 2.75. The van der Waals surface area contributed by atoms with Crippen molar-refractivity contribution in [2.24, 2.45) is 5.10 Å². The van der Waals surface area contributed by atoms with Gasteiger partial charge in [-0.3, -0.25) is 20.3 Å². The van der Waals surface area contributed by atoms with E-state index in [1.165, 1.54) is 24.4 Å². The lowest BCUT2D eigenvalue weighted by molar-refractivity contribution is -0.384. The maximum absolute atomic E-state index is 12.5. The molecular formula is C21H17ClN4O4. The van der Waals surface area contributed by atoms with Crippen LogP contribution in [0.15, 0.2) is 71.8 Å². The summed E-state index contributed by atoms with van der Waals surface area (Å²) < 4.78 is 5.07. The summed E-state index contributed by atoms with van der Waals surface area (Å²) in [6.07, 6.45) is 1.50. The number of nitrogens with zero attached hydrogens (tertiary/aromatic N) is 2.